The number of nitrogens with one attached hydrogen (secondary N) is 1. The Morgan fingerprint density at radius 1 is 1.44 bits per heavy atom. The van der Waals surface area contributed by atoms with Gasteiger partial charge in [-0.1, -0.05) is 6.92 Å². The van der Waals surface area contributed by atoms with Gasteiger partial charge < -0.3 is 9.64 Å². The van der Waals surface area contributed by atoms with Crippen LogP contribution in [0.15, 0.2) is 0 Å². The Labute approximate surface area is 97.3 Å². The zero-order chi connectivity index (χ0) is 11.7. The van der Waals surface area contributed by atoms with Gasteiger partial charge in [0.05, 0.1) is 18.3 Å². The molecule has 2 aliphatic rings. The molecule has 0 radical (unpaired) electrons. The van der Waals surface area contributed by atoms with E-state index in [0.717, 1.165) is 25.9 Å². The third-order valence-electron chi connectivity index (χ3n) is 3.69. The molecule has 1 amide bonds. The van der Waals surface area contributed by atoms with Crippen LogP contribution < -0.4 is 5.32 Å². The van der Waals surface area contributed by atoms with Crippen LogP contribution in [-0.2, 0) is 9.53 Å². The predicted octanol–water partition coefficient (Wildman–Crippen LogP) is 1.11. The van der Waals surface area contributed by atoms with E-state index >= 15 is 0 Å². The zero-order valence-electron chi connectivity index (χ0n) is 10.4. The van der Waals surface area contributed by atoms with Crippen molar-refractivity contribution in [1.29, 1.82) is 0 Å². The normalized spacial score (nSPS) is 38.9. The monoisotopic (exact) mass is 226 g/mol. The molecule has 0 aromatic rings. The first-order chi connectivity index (χ1) is 7.67. The topological polar surface area (TPSA) is 41.6 Å². The highest BCUT2D eigenvalue weighted by Crippen LogP contribution is 2.32. The quantitative estimate of drug-likeness (QED) is 0.781. The highest BCUT2D eigenvalue weighted by Gasteiger charge is 2.44. The second-order valence-corrected chi connectivity index (χ2v) is 4.75. The van der Waals surface area contributed by atoms with Crippen LogP contribution in [0.2, 0.25) is 0 Å². The maximum absolute atomic E-state index is 12.1. The Morgan fingerprint density at radius 3 is 2.62 bits per heavy atom. The minimum absolute atomic E-state index is 0.0288. The number of ether oxygens (including phenoxy) is 1. The van der Waals surface area contributed by atoms with E-state index in [1.807, 2.05) is 11.8 Å². The molecule has 2 atom stereocenters. The van der Waals surface area contributed by atoms with Gasteiger partial charge in [0.25, 0.3) is 0 Å². The van der Waals surface area contributed by atoms with Crippen molar-refractivity contribution >= 4 is 5.91 Å². The molecule has 2 rings (SSSR count). The van der Waals surface area contributed by atoms with Crippen molar-refractivity contribution in [2.75, 3.05) is 6.61 Å². The van der Waals surface area contributed by atoms with E-state index in [1.54, 1.807) is 0 Å². The largest absolute Gasteiger partial charge is 0.378 e. The second kappa shape index (κ2) is 4.72. The number of carbonyl (C=O) groups excluding carboxylic acids is 1. The number of rotatable bonds is 4. The summed E-state index contributed by atoms with van der Waals surface area (Å²) in [5.41, 5.74) is 0. The second-order valence-electron chi connectivity index (χ2n) is 4.75. The third kappa shape index (κ3) is 1.96. The van der Waals surface area contributed by atoms with E-state index < -0.39 is 0 Å². The lowest BCUT2D eigenvalue weighted by molar-refractivity contribution is -0.138. The molecule has 2 fully saturated rings. The highest BCUT2D eigenvalue weighted by molar-refractivity contribution is 5.84. The molecule has 1 heterocycles. The Hall–Kier alpha value is -0.610. The molecule has 4 nitrogen and oxygen atoms in total. The summed E-state index contributed by atoms with van der Waals surface area (Å²) in [4.78, 5) is 14.1. The van der Waals surface area contributed by atoms with Gasteiger partial charge in [0.2, 0.25) is 5.91 Å². The van der Waals surface area contributed by atoms with Crippen LogP contribution in [-0.4, -0.2) is 41.8 Å². The molecule has 2 unspecified atom stereocenters. The number of carbonyl (C=O) groups is 1. The molecule has 1 N–H and O–H groups in total. The van der Waals surface area contributed by atoms with Crippen LogP contribution in [0.5, 0.6) is 0 Å². The number of hydrogen-bond acceptors (Lipinski definition) is 3. The minimum Gasteiger partial charge on any atom is -0.378 e. The summed E-state index contributed by atoms with van der Waals surface area (Å²) < 4.78 is 5.53. The summed E-state index contributed by atoms with van der Waals surface area (Å²) in [6.07, 6.45) is 3.44. The Balaban J connectivity index is 1.89. The summed E-state index contributed by atoms with van der Waals surface area (Å²) in [6.45, 7) is 6.92. The van der Waals surface area contributed by atoms with Crippen molar-refractivity contribution in [3.63, 3.8) is 0 Å². The number of nitrogens with zero attached hydrogens (tertiary/aromatic N) is 1. The number of amides is 1. The van der Waals surface area contributed by atoms with Crippen molar-refractivity contribution in [2.45, 2.75) is 64.4 Å². The molecule has 1 saturated carbocycles. The van der Waals surface area contributed by atoms with Crippen molar-refractivity contribution in [1.82, 2.24) is 10.2 Å². The van der Waals surface area contributed by atoms with Crippen LogP contribution in [0.4, 0.5) is 0 Å². The summed E-state index contributed by atoms with van der Waals surface area (Å²) in [6, 6.07) is 0.421. The van der Waals surface area contributed by atoms with Crippen LogP contribution in [0.3, 0.4) is 0 Å². The average Bonchev–Trinajstić information content (AvgIpc) is 2.48. The summed E-state index contributed by atoms with van der Waals surface area (Å²) in [7, 11) is 0. The fourth-order valence-electron chi connectivity index (χ4n) is 2.74. The lowest BCUT2D eigenvalue weighted by atomic mass is 9.87. The molecule has 0 bridgehead atoms. The van der Waals surface area contributed by atoms with E-state index in [9.17, 15) is 4.79 Å². The summed E-state index contributed by atoms with van der Waals surface area (Å²) in [5.74, 6) is 0.273. The van der Waals surface area contributed by atoms with Gasteiger partial charge in [0.1, 0.15) is 0 Å². The average molecular weight is 226 g/mol. The Kier molecular flexibility index (Phi) is 3.50. The van der Waals surface area contributed by atoms with E-state index in [2.05, 4.69) is 19.2 Å². The fourth-order valence-corrected chi connectivity index (χ4v) is 2.74. The highest BCUT2D eigenvalue weighted by atomic mass is 16.5. The van der Waals surface area contributed by atoms with E-state index in [-0.39, 0.29) is 18.1 Å². The smallest absolute Gasteiger partial charge is 0.241 e. The van der Waals surface area contributed by atoms with Crippen LogP contribution in [0, 0.1) is 0 Å². The van der Waals surface area contributed by atoms with Crippen molar-refractivity contribution in [3.8, 4) is 0 Å². The fraction of sp³-hybridized carbons (Fsp3) is 0.917. The standard InChI is InChI=1S/C12H22N2O2/c1-4-11-12(15)14(8(3)13-11)9-6-10(7-9)16-5-2/h8-11,13H,4-7H2,1-3H3. The number of hydrogen-bond donors (Lipinski definition) is 1. The Bertz CT molecular complexity index is 264. The van der Waals surface area contributed by atoms with Gasteiger partial charge in [0, 0.05) is 12.6 Å². The minimum atomic E-state index is 0.0288. The van der Waals surface area contributed by atoms with Gasteiger partial charge in [-0.05, 0) is 33.1 Å². The first-order valence-corrected chi connectivity index (χ1v) is 6.37. The van der Waals surface area contributed by atoms with E-state index in [4.69, 9.17) is 4.74 Å². The van der Waals surface area contributed by atoms with Crippen LogP contribution in [0.25, 0.3) is 0 Å². The van der Waals surface area contributed by atoms with E-state index in [1.165, 1.54) is 0 Å². The SMILES string of the molecule is CCOC1CC(N2C(=O)C(CC)NC2C)C1. The molecule has 16 heavy (non-hydrogen) atoms. The predicted molar refractivity (Wildman–Crippen MR) is 62.0 cm³/mol. The molecular formula is C12H22N2O2. The maximum Gasteiger partial charge on any atom is 0.241 e. The van der Waals surface area contributed by atoms with Gasteiger partial charge in [-0.15, -0.1) is 0 Å². The summed E-state index contributed by atoms with van der Waals surface area (Å²) in [5, 5.41) is 3.33. The van der Waals surface area contributed by atoms with Crippen molar-refractivity contribution in [3.05, 3.63) is 0 Å². The maximum atomic E-state index is 12.1. The van der Waals surface area contributed by atoms with E-state index in [0.29, 0.717) is 12.1 Å². The molecule has 1 aliphatic heterocycles. The molecular weight excluding hydrogens is 204 g/mol. The molecule has 92 valence electrons. The molecule has 0 aromatic carbocycles. The Morgan fingerprint density at radius 2 is 2.12 bits per heavy atom. The molecule has 1 saturated heterocycles. The van der Waals surface area contributed by atoms with Gasteiger partial charge in [0.15, 0.2) is 0 Å². The first kappa shape index (κ1) is 11.9. The summed E-state index contributed by atoms with van der Waals surface area (Å²) >= 11 is 0. The van der Waals surface area contributed by atoms with Crippen molar-refractivity contribution < 1.29 is 9.53 Å². The molecule has 1 aliphatic carbocycles. The van der Waals surface area contributed by atoms with Gasteiger partial charge in [-0.25, -0.2) is 0 Å². The van der Waals surface area contributed by atoms with Gasteiger partial charge in [-0.3, -0.25) is 10.1 Å². The first-order valence-electron chi connectivity index (χ1n) is 6.37. The third-order valence-corrected chi connectivity index (χ3v) is 3.69. The lowest BCUT2D eigenvalue weighted by Gasteiger charge is -2.42. The zero-order valence-corrected chi connectivity index (χ0v) is 10.4. The van der Waals surface area contributed by atoms with Crippen molar-refractivity contribution in [2.24, 2.45) is 0 Å². The van der Waals surface area contributed by atoms with Gasteiger partial charge in [-0.2, -0.15) is 0 Å². The van der Waals surface area contributed by atoms with Crippen LogP contribution >= 0.6 is 0 Å². The van der Waals surface area contributed by atoms with Crippen LogP contribution in [0.1, 0.15) is 40.0 Å². The van der Waals surface area contributed by atoms with Gasteiger partial charge >= 0.3 is 0 Å². The molecule has 4 heteroatoms. The molecule has 0 spiro atoms. The molecule has 0 aromatic heterocycles. The lowest BCUT2D eigenvalue weighted by Crippen LogP contribution is -2.52.